The summed E-state index contributed by atoms with van der Waals surface area (Å²) < 4.78 is 5.67. The van der Waals surface area contributed by atoms with Crippen molar-refractivity contribution in [3.8, 4) is 0 Å². The summed E-state index contributed by atoms with van der Waals surface area (Å²) in [5.74, 6) is 0.391. The summed E-state index contributed by atoms with van der Waals surface area (Å²) in [6, 6.07) is 7.71. The number of nitrogens with zero attached hydrogens (tertiary/aromatic N) is 1. The van der Waals surface area contributed by atoms with Gasteiger partial charge in [0.15, 0.2) is 5.76 Å². The summed E-state index contributed by atoms with van der Waals surface area (Å²) in [5, 5.41) is 3.75. The van der Waals surface area contributed by atoms with Crippen LogP contribution in [0.2, 0.25) is 0 Å². The fraction of sp³-hybridized carbons (Fsp3) is 0.200. The Morgan fingerprint density at radius 1 is 1.37 bits per heavy atom. The second-order valence-corrected chi connectivity index (χ2v) is 5.53. The van der Waals surface area contributed by atoms with Crippen LogP contribution in [-0.4, -0.2) is 10.8 Å². The van der Waals surface area contributed by atoms with Crippen molar-refractivity contribution in [3.63, 3.8) is 0 Å². The van der Waals surface area contributed by atoms with E-state index in [1.54, 1.807) is 0 Å². The highest BCUT2D eigenvalue weighted by atomic mass is 32.1. The molecule has 0 aliphatic heterocycles. The number of furan rings is 1. The molecule has 4 heteroatoms. The van der Waals surface area contributed by atoms with E-state index in [4.69, 9.17) is 4.42 Å². The van der Waals surface area contributed by atoms with Crippen LogP contribution < -0.4 is 0 Å². The molecule has 0 saturated heterocycles. The van der Waals surface area contributed by atoms with Crippen molar-refractivity contribution in [2.45, 2.75) is 20.3 Å². The largest absolute Gasteiger partial charge is 0.453 e. The van der Waals surface area contributed by atoms with Gasteiger partial charge in [-0.25, -0.2) is 4.98 Å². The molecule has 2 aromatic heterocycles. The van der Waals surface area contributed by atoms with Crippen molar-refractivity contribution in [1.82, 2.24) is 4.98 Å². The van der Waals surface area contributed by atoms with E-state index >= 15 is 0 Å². The van der Waals surface area contributed by atoms with Crippen LogP contribution in [0.5, 0.6) is 0 Å². The van der Waals surface area contributed by atoms with E-state index < -0.39 is 0 Å². The highest BCUT2D eigenvalue weighted by Crippen LogP contribution is 2.23. The number of benzene rings is 1. The van der Waals surface area contributed by atoms with Gasteiger partial charge in [0.2, 0.25) is 5.78 Å². The average Bonchev–Trinajstić information content (AvgIpc) is 2.96. The van der Waals surface area contributed by atoms with Crippen LogP contribution in [0.4, 0.5) is 0 Å². The molecule has 0 atom stereocenters. The number of thiazole rings is 1. The molecule has 0 saturated carbocycles. The van der Waals surface area contributed by atoms with E-state index in [1.165, 1.54) is 11.3 Å². The normalized spacial score (nSPS) is 11.1. The fourth-order valence-electron chi connectivity index (χ4n) is 2.05. The molecule has 0 N–H and O–H groups in total. The van der Waals surface area contributed by atoms with Crippen molar-refractivity contribution >= 4 is 28.1 Å². The van der Waals surface area contributed by atoms with E-state index in [2.05, 4.69) is 4.98 Å². The fourth-order valence-corrected chi connectivity index (χ4v) is 2.83. The Morgan fingerprint density at radius 3 is 2.89 bits per heavy atom. The van der Waals surface area contributed by atoms with E-state index in [0.29, 0.717) is 12.2 Å². The number of hydrogen-bond donors (Lipinski definition) is 0. The Labute approximate surface area is 114 Å². The zero-order valence-electron chi connectivity index (χ0n) is 10.8. The number of para-hydroxylation sites is 1. The topological polar surface area (TPSA) is 43.1 Å². The Bertz CT molecular complexity index is 754. The van der Waals surface area contributed by atoms with Gasteiger partial charge in [-0.15, -0.1) is 11.3 Å². The molecular formula is C15H13NO2S. The minimum atomic E-state index is -0.0232. The molecule has 3 nitrogen and oxygen atoms in total. The van der Waals surface area contributed by atoms with Crippen molar-refractivity contribution in [3.05, 3.63) is 51.7 Å². The van der Waals surface area contributed by atoms with Crippen LogP contribution in [0.15, 0.2) is 34.1 Å². The number of aryl methyl sites for hydroxylation is 2. The second kappa shape index (κ2) is 4.63. The molecule has 0 radical (unpaired) electrons. The molecule has 0 bridgehead atoms. The van der Waals surface area contributed by atoms with Gasteiger partial charge in [-0.3, -0.25) is 4.79 Å². The van der Waals surface area contributed by atoms with Crippen LogP contribution in [0.25, 0.3) is 11.0 Å². The zero-order valence-corrected chi connectivity index (χ0v) is 11.6. The molecule has 0 aliphatic rings. The monoisotopic (exact) mass is 271 g/mol. The quantitative estimate of drug-likeness (QED) is 0.678. The maximum atomic E-state index is 12.2. The van der Waals surface area contributed by atoms with Gasteiger partial charge in [-0.2, -0.15) is 0 Å². The number of carbonyl (C=O) groups is 1. The molecule has 3 rings (SSSR count). The van der Waals surface area contributed by atoms with Gasteiger partial charge in [0.1, 0.15) is 10.6 Å². The molecule has 0 aliphatic carbocycles. The van der Waals surface area contributed by atoms with E-state index in [1.807, 2.05) is 43.5 Å². The highest BCUT2D eigenvalue weighted by molar-refractivity contribution is 7.09. The summed E-state index contributed by atoms with van der Waals surface area (Å²) in [7, 11) is 0. The van der Waals surface area contributed by atoms with Gasteiger partial charge in [-0.05, 0) is 25.5 Å². The smallest absolute Gasteiger partial charge is 0.204 e. The third kappa shape index (κ3) is 2.31. The zero-order chi connectivity index (χ0) is 13.4. The predicted molar refractivity (Wildman–Crippen MR) is 75.8 cm³/mol. The van der Waals surface area contributed by atoms with Gasteiger partial charge in [0, 0.05) is 16.5 Å². The van der Waals surface area contributed by atoms with Crippen LogP contribution in [0, 0.1) is 13.8 Å². The first-order chi connectivity index (χ1) is 9.13. The molecule has 0 spiro atoms. The maximum Gasteiger partial charge on any atom is 0.204 e. The summed E-state index contributed by atoms with van der Waals surface area (Å²) in [6.07, 6.45) is 0.303. The van der Waals surface area contributed by atoms with E-state index in [0.717, 1.165) is 27.2 Å². The molecular weight excluding hydrogens is 258 g/mol. The van der Waals surface area contributed by atoms with E-state index in [-0.39, 0.29) is 5.78 Å². The molecule has 19 heavy (non-hydrogen) atoms. The lowest BCUT2D eigenvalue weighted by molar-refractivity contribution is 0.0968. The lowest BCUT2D eigenvalue weighted by atomic mass is 10.1. The lowest BCUT2D eigenvalue weighted by Crippen LogP contribution is -2.01. The standard InChI is InChI=1S/C15H13NO2S/c1-9-4-3-5-11-6-13(18-15(9)11)12(17)7-14-16-10(2)8-19-14/h3-6,8H,7H2,1-2H3. The molecule has 3 aromatic rings. The molecule has 1 aromatic carbocycles. The maximum absolute atomic E-state index is 12.2. The lowest BCUT2D eigenvalue weighted by Gasteiger charge is -1.94. The summed E-state index contributed by atoms with van der Waals surface area (Å²) >= 11 is 1.51. The van der Waals surface area contributed by atoms with Crippen LogP contribution in [0.3, 0.4) is 0 Å². The second-order valence-electron chi connectivity index (χ2n) is 4.59. The van der Waals surface area contributed by atoms with Gasteiger partial charge in [0.05, 0.1) is 6.42 Å². The summed E-state index contributed by atoms with van der Waals surface area (Å²) in [6.45, 7) is 3.90. The number of Topliss-reactive ketones (excluding diaryl/α,β-unsaturated/α-hetero) is 1. The minimum absolute atomic E-state index is 0.0232. The van der Waals surface area contributed by atoms with Crippen LogP contribution in [-0.2, 0) is 6.42 Å². The summed E-state index contributed by atoms with van der Waals surface area (Å²) in [5.41, 5.74) is 2.79. The number of carbonyl (C=O) groups excluding carboxylic acids is 1. The van der Waals surface area contributed by atoms with Gasteiger partial charge >= 0.3 is 0 Å². The number of fused-ring (bicyclic) bond motifs is 1. The Morgan fingerprint density at radius 2 is 2.21 bits per heavy atom. The van der Waals surface area contributed by atoms with Gasteiger partial charge in [0.25, 0.3) is 0 Å². The van der Waals surface area contributed by atoms with Gasteiger partial charge < -0.3 is 4.42 Å². The van der Waals surface area contributed by atoms with Crippen molar-refractivity contribution in [2.24, 2.45) is 0 Å². The first kappa shape index (κ1) is 12.1. The molecule has 96 valence electrons. The van der Waals surface area contributed by atoms with Crippen LogP contribution >= 0.6 is 11.3 Å². The third-order valence-electron chi connectivity index (χ3n) is 2.99. The molecule has 0 fully saturated rings. The van der Waals surface area contributed by atoms with Crippen molar-refractivity contribution in [2.75, 3.05) is 0 Å². The van der Waals surface area contributed by atoms with E-state index in [9.17, 15) is 4.79 Å². The minimum Gasteiger partial charge on any atom is -0.453 e. The first-order valence-corrected chi connectivity index (χ1v) is 6.95. The highest BCUT2D eigenvalue weighted by Gasteiger charge is 2.15. The Kier molecular flexibility index (Phi) is 2.95. The average molecular weight is 271 g/mol. The number of rotatable bonds is 3. The summed E-state index contributed by atoms with van der Waals surface area (Å²) in [4.78, 5) is 16.5. The number of aromatic nitrogens is 1. The number of hydrogen-bond acceptors (Lipinski definition) is 4. The first-order valence-electron chi connectivity index (χ1n) is 6.07. The Balaban J connectivity index is 1.91. The third-order valence-corrected chi connectivity index (χ3v) is 3.96. The molecule has 0 unspecified atom stereocenters. The number of ketones is 1. The van der Waals surface area contributed by atoms with Crippen molar-refractivity contribution in [1.29, 1.82) is 0 Å². The predicted octanol–water partition coefficient (Wildman–Crippen LogP) is 3.93. The van der Waals surface area contributed by atoms with Gasteiger partial charge in [-0.1, -0.05) is 18.2 Å². The van der Waals surface area contributed by atoms with Crippen LogP contribution in [0.1, 0.15) is 26.8 Å². The Hall–Kier alpha value is -1.94. The van der Waals surface area contributed by atoms with Crippen molar-refractivity contribution < 1.29 is 9.21 Å². The molecule has 2 heterocycles. The molecule has 0 amide bonds. The SMILES string of the molecule is Cc1csc(CC(=O)c2cc3cccc(C)c3o2)n1.